The van der Waals surface area contributed by atoms with Gasteiger partial charge < -0.3 is 30.2 Å². The summed E-state index contributed by atoms with van der Waals surface area (Å²) in [4.78, 5) is 25.6. The van der Waals surface area contributed by atoms with Gasteiger partial charge in [-0.1, -0.05) is 0 Å². The van der Waals surface area contributed by atoms with E-state index in [4.69, 9.17) is 19.2 Å². The van der Waals surface area contributed by atoms with Gasteiger partial charge >= 0.3 is 0 Å². The van der Waals surface area contributed by atoms with Crippen LogP contribution in [0, 0.1) is 0 Å². The molecular formula is HMoO6P-6. The van der Waals surface area contributed by atoms with Crippen molar-refractivity contribution in [1.29, 1.82) is 0 Å². The van der Waals surface area contributed by atoms with Gasteiger partial charge in [-0.05, 0) is 0 Å². The maximum Gasteiger partial charge on any atom is 0 e. The Hall–Kier alpha value is 0.718. The topological polar surface area (TPSA) is 145 Å². The first-order valence-corrected chi connectivity index (χ1v) is 2.19. The summed E-state index contributed by atoms with van der Waals surface area (Å²) in [6.45, 7) is 0. The zero-order valence-corrected chi connectivity index (χ0v) is 6.25. The van der Waals surface area contributed by atoms with Gasteiger partial charge in [-0.15, -0.1) is 0 Å². The molecule has 1 N–H and O–H groups in total. The molecule has 8 heavy (non-hydrogen) atoms. The third-order valence-corrected chi connectivity index (χ3v) is 0. The van der Waals surface area contributed by atoms with E-state index in [0.717, 1.165) is 0 Å². The molecule has 0 unspecified atom stereocenters. The van der Waals surface area contributed by atoms with Crippen molar-refractivity contribution < 1.29 is 51.3 Å². The summed E-state index contributed by atoms with van der Waals surface area (Å²) < 4.78 is 8.55. The van der Waals surface area contributed by atoms with Crippen LogP contribution in [0.1, 0.15) is 0 Å². The number of hydrogen-bond acceptors (Lipinski definition) is 5. The van der Waals surface area contributed by atoms with Crippen LogP contribution in [0.25, 0.3) is 0 Å². The van der Waals surface area contributed by atoms with Crippen LogP contribution in [0.5, 0.6) is 0 Å². The van der Waals surface area contributed by atoms with Gasteiger partial charge in [0.15, 0.2) is 0 Å². The first kappa shape index (κ1) is 23.3. The molecule has 0 rings (SSSR count). The van der Waals surface area contributed by atoms with E-state index in [0.29, 0.717) is 0 Å². The van der Waals surface area contributed by atoms with E-state index in [2.05, 4.69) is 0 Å². The first-order valence-electron chi connectivity index (χ1n) is 0.730. The van der Waals surface area contributed by atoms with Crippen molar-refractivity contribution in [3.8, 4) is 0 Å². The second kappa shape index (κ2) is 7.72. The van der Waals surface area contributed by atoms with Gasteiger partial charge in [0.1, 0.15) is 0 Å². The Balaban J connectivity index is -0.0000000267. The normalized spacial score (nSPS) is 7.38. The van der Waals surface area contributed by atoms with Crippen LogP contribution in [0.4, 0.5) is 0 Å². The Bertz CT molecular complexity index is 54.7. The predicted octanol–water partition coefficient (Wildman–Crippen LogP) is -3.12. The van der Waals surface area contributed by atoms with Crippen LogP contribution < -0.4 is 14.7 Å². The van der Waals surface area contributed by atoms with Gasteiger partial charge in [0.2, 0.25) is 0 Å². The van der Waals surface area contributed by atoms with E-state index in [1.54, 1.807) is 0 Å². The fourth-order valence-corrected chi connectivity index (χ4v) is 0. The minimum Gasteiger partial charge on any atom is -2.00 e. The summed E-state index contributed by atoms with van der Waals surface area (Å²) in [6.07, 6.45) is 0. The summed E-state index contributed by atoms with van der Waals surface area (Å²) in [7, 11) is -5.39. The van der Waals surface area contributed by atoms with E-state index in [9.17, 15) is 0 Å². The van der Waals surface area contributed by atoms with Crippen LogP contribution in [0.3, 0.4) is 0 Å². The molecule has 0 bridgehead atoms. The molecule has 0 fully saturated rings. The summed E-state index contributed by atoms with van der Waals surface area (Å²) in [6, 6.07) is 0. The largest absolute Gasteiger partial charge is 2.00 e. The molecule has 0 radical (unpaired) electrons. The van der Waals surface area contributed by atoms with Gasteiger partial charge in [-0.25, -0.2) is 0 Å². The fourth-order valence-electron chi connectivity index (χ4n) is 0. The summed E-state index contributed by atoms with van der Waals surface area (Å²) in [5.74, 6) is 0. The van der Waals surface area contributed by atoms with E-state index in [1.807, 2.05) is 0 Å². The van der Waals surface area contributed by atoms with E-state index in [-0.39, 0.29) is 32.0 Å². The van der Waals surface area contributed by atoms with Crippen molar-refractivity contribution in [3.05, 3.63) is 0 Å². The Morgan fingerprint density at radius 2 is 1.12 bits per heavy atom. The Kier molecular flexibility index (Phi) is 22.5. The van der Waals surface area contributed by atoms with Crippen LogP contribution >= 0.6 is 7.82 Å². The van der Waals surface area contributed by atoms with E-state index >= 15 is 0 Å². The molecule has 0 aromatic heterocycles. The Morgan fingerprint density at radius 3 is 1.12 bits per heavy atom. The van der Waals surface area contributed by atoms with E-state index in [1.165, 1.54) is 0 Å². The van der Waals surface area contributed by atoms with Crippen molar-refractivity contribution in [2.75, 3.05) is 0 Å². The Morgan fingerprint density at radius 1 is 1.12 bits per heavy atom. The van der Waals surface area contributed by atoms with Gasteiger partial charge in [0.05, 0.1) is 0 Å². The number of hydrogen-bond donors (Lipinski definition) is 0. The molecule has 8 heteroatoms. The van der Waals surface area contributed by atoms with Crippen molar-refractivity contribution in [1.82, 2.24) is 0 Å². The van der Waals surface area contributed by atoms with Gasteiger partial charge in [0, 0.05) is 21.1 Å². The molecule has 0 saturated carbocycles. The molecule has 0 atom stereocenters. The van der Waals surface area contributed by atoms with Gasteiger partial charge in [-0.3, -0.25) is 0 Å². The minimum absolute atomic E-state index is 0. The molecule has 0 aromatic carbocycles. The molecule has 0 spiro atoms. The molecule has 6 nitrogen and oxygen atoms in total. The molecular weight excluding hydrogens is 223 g/mol. The minimum atomic E-state index is -5.39. The molecule has 0 aromatic rings. The third kappa shape index (κ3) is 426. The smallest absolute Gasteiger partial charge is 0 e. The van der Waals surface area contributed by atoms with Crippen LogP contribution in [0.15, 0.2) is 0 Å². The maximum absolute atomic E-state index is 8.55. The summed E-state index contributed by atoms with van der Waals surface area (Å²) >= 11 is 0. The zero-order chi connectivity index (χ0) is 4.50. The number of phosphoric acid groups is 1. The van der Waals surface area contributed by atoms with Crippen LogP contribution in [-0.4, -0.2) is 5.48 Å². The zero-order valence-electron chi connectivity index (χ0n) is 3.34. The third-order valence-electron chi connectivity index (χ3n) is 0. The standard InChI is InChI=1S/Mo.H3O4P.H2O.O/c;1-5(2,3)4;;/h;(H3,1,2,3,4);1H2;/q;;;-2/p-4. The SMILES string of the molecule is O=P([O-])([O-])[O-].[Mo].[O-2].[OH-]. The monoisotopic (exact) mass is 226 g/mol. The second-order valence-electron chi connectivity index (χ2n) is 0.447. The quantitative estimate of drug-likeness (QED) is 0.315. The maximum atomic E-state index is 8.55. The fraction of sp³-hybridized carbons (Fsp3) is 0. The molecule has 0 aliphatic heterocycles. The molecule has 54 valence electrons. The second-order valence-corrected chi connectivity index (χ2v) is 1.34. The average molecular weight is 224 g/mol. The van der Waals surface area contributed by atoms with E-state index < -0.39 is 7.82 Å². The molecule has 0 amide bonds. The van der Waals surface area contributed by atoms with Crippen molar-refractivity contribution in [2.24, 2.45) is 0 Å². The first-order chi connectivity index (χ1) is 2.00. The molecule has 0 heterocycles. The number of rotatable bonds is 0. The average Bonchev–Trinajstić information content (AvgIpc) is 0.722. The van der Waals surface area contributed by atoms with Gasteiger partial charge in [-0.2, -0.15) is 7.82 Å². The molecule has 0 aliphatic carbocycles. The predicted molar refractivity (Wildman–Crippen MR) is 10.2 cm³/mol. The van der Waals surface area contributed by atoms with Gasteiger partial charge in [0.25, 0.3) is 0 Å². The van der Waals surface area contributed by atoms with Crippen molar-refractivity contribution >= 4 is 7.82 Å². The van der Waals surface area contributed by atoms with Crippen molar-refractivity contribution in [2.45, 2.75) is 0 Å². The summed E-state index contributed by atoms with van der Waals surface area (Å²) in [5, 5.41) is 0. The molecule has 0 aliphatic rings. The van der Waals surface area contributed by atoms with Crippen molar-refractivity contribution in [3.63, 3.8) is 0 Å². The summed E-state index contributed by atoms with van der Waals surface area (Å²) in [5.41, 5.74) is 0. The Labute approximate surface area is 59.7 Å². The molecule has 0 saturated heterocycles. The van der Waals surface area contributed by atoms with Crippen LogP contribution in [0.2, 0.25) is 0 Å². The van der Waals surface area contributed by atoms with Crippen LogP contribution in [-0.2, 0) is 31.1 Å².